The van der Waals surface area contributed by atoms with Gasteiger partial charge in [0.25, 0.3) is 0 Å². The van der Waals surface area contributed by atoms with Crippen molar-refractivity contribution in [1.29, 1.82) is 0 Å². The maximum atomic E-state index is 10.2. The molecule has 2 N–H and O–H groups in total. The lowest BCUT2D eigenvalue weighted by molar-refractivity contribution is -0.137. The standard InChI is InChI=1S/C8H15NO3/c1-2-3-7(6-9-12)4-5-8(10)11/h6-7,12H,2-5H2,1H3,(H,10,11)/b9-6-. The molecular weight excluding hydrogens is 158 g/mol. The number of rotatable bonds is 6. The number of aliphatic carboxylic acids is 1. The van der Waals surface area contributed by atoms with E-state index in [0.29, 0.717) is 6.42 Å². The molecule has 0 saturated heterocycles. The summed E-state index contributed by atoms with van der Waals surface area (Å²) in [6, 6.07) is 0. The van der Waals surface area contributed by atoms with Crippen LogP contribution < -0.4 is 0 Å². The van der Waals surface area contributed by atoms with Gasteiger partial charge in [0, 0.05) is 12.6 Å². The fraction of sp³-hybridized carbons (Fsp3) is 0.750. The molecule has 0 bridgehead atoms. The molecule has 1 atom stereocenters. The van der Waals surface area contributed by atoms with Gasteiger partial charge in [-0.05, 0) is 18.8 Å². The minimum atomic E-state index is -0.803. The molecule has 4 heteroatoms. The summed E-state index contributed by atoms with van der Waals surface area (Å²) in [6.07, 6.45) is 3.93. The van der Waals surface area contributed by atoms with E-state index in [1.54, 1.807) is 0 Å². The Balaban J connectivity index is 3.70. The summed E-state index contributed by atoms with van der Waals surface area (Å²) >= 11 is 0. The molecule has 0 spiro atoms. The highest BCUT2D eigenvalue weighted by atomic mass is 16.4. The van der Waals surface area contributed by atoms with Gasteiger partial charge < -0.3 is 10.3 Å². The van der Waals surface area contributed by atoms with Gasteiger partial charge in [0.2, 0.25) is 0 Å². The van der Waals surface area contributed by atoms with Crippen LogP contribution in [0.25, 0.3) is 0 Å². The van der Waals surface area contributed by atoms with E-state index < -0.39 is 5.97 Å². The largest absolute Gasteiger partial charge is 0.481 e. The Morgan fingerprint density at radius 1 is 1.58 bits per heavy atom. The molecule has 0 amide bonds. The SMILES string of the molecule is CCCC(/C=N\O)CCC(=O)O. The Labute approximate surface area is 71.9 Å². The third-order valence-electron chi connectivity index (χ3n) is 1.67. The van der Waals surface area contributed by atoms with Crippen LogP contribution in [0.15, 0.2) is 5.16 Å². The monoisotopic (exact) mass is 173 g/mol. The molecular formula is C8H15NO3. The number of hydrogen-bond acceptors (Lipinski definition) is 3. The number of hydrogen-bond donors (Lipinski definition) is 2. The quantitative estimate of drug-likeness (QED) is 0.365. The van der Waals surface area contributed by atoms with Crippen molar-refractivity contribution in [1.82, 2.24) is 0 Å². The molecule has 0 aromatic carbocycles. The van der Waals surface area contributed by atoms with E-state index in [1.807, 2.05) is 6.92 Å². The Hall–Kier alpha value is -1.06. The first kappa shape index (κ1) is 10.9. The Kier molecular flexibility index (Phi) is 6.05. The van der Waals surface area contributed by atoms with Crippen molar-refractivity contribution in [2.45, 2.75) is 32.6 Å². The van der Waals surface area contributed by atoms with Crippen LogP contribution in [0.3, 0.4) is 0 Å². The Morgan fingerprint density at radius 2 is 2.25 bits per heavy atom. The zero-order chi connectivity index (χ0) is 9.40. The summed E-state index contributed by atoms with van der Waals surface area (Å²) in [5.74, 6) is -0.710. The molecule has 0 aliphatic rings. The van der Waals surface area contributed by atoms with Crippen LogP contribution in [0.1, 0.15) is 32.6 Å². The van der Waals surface area contributed by atoms with E-state index in [0.717, 1.165) is 12.8 Å². The van der Waals surface area contributed by atoms with Gasteiger partial charge in [-0.2, -0.15) is 0 Å². The zero-order valence-electron chi connectivity index (χ0n) is 7.23. The predicted molar refractivity (Wildman–Crippen MR) is 45.5 cm³/mol. The summed E-state index contributed by atoms with van der Waals surface area (Å²) in [6.45, 7) is 2.01. The second-order valence-corrected chi connectivity index (χ2v) is 2.75. The minimum Gasteiger partial charge on any atom is -0.481 e. The number of oxime groups is 1. The van der Waals surface area contributed by atoms with Gasteiger partial charge >= 0.3 is 5.97 Å². The van der Waals surface area contributed by atoms with Crippen molar-refractivity contribution in [3.8, 4) is 0 Å². The molecule has 4 nitrogen and oxygen atoms in total. The van der Waals surface area contributed by atoms with Crippen molar-refractivity contribution in [2.75, 3.05) is 0 Å². The van der Waals surface area contributed by atoms with Crippen LogP contribution in [-0.4, -0.2) is 22.5 Å². The maximum Gasteiger partial charge on any atom is 0.303 e. The first-order chi connectivity index (χ1) is 5.70. The lowest BCUT2D eigenvalue weighted by atomic mass is 9.99. The van der Waals surface area contributed by atoms with E-state index in [-0.39, 0.29) is 12.3 Å². The molecule has 0 aromatic heterocycles. The second kappa shape index (κ2) is 6.64. The maximum absolute atomic E-state index is 10.2. The molecule has 0 aromatic rings. The molecule has 0 saturated carbocycles. The summed E-state index contributed by atoms with van der Waals surface area (Å²) in [4.78, 5) is 10.2. The van der Waals surface area contributed by atoms with Gasteiger partial charge in [-0.1, -0.05) is 13.3 Å². The zero-order valence-corrected chi connectivity index (χ0v) is 7.23. The van der Waals surface area contributed by atoms with Gasteiger partial charge in [0.05, 0.1) is 0 Å². The molecule has 0 aliphatic heterocycles. The summed E-state index contributed by atoms with van der Waals surface area (Å²) in [7, 11) is 0. The minimum absolute atomic E-state index is 0.0936. The van der Waals surface area contributed by atoms with Crippen LogP contribution >= 0.6 is 0 Å². The number of carboxylic acid groups (broad SMARTS) is 1. The fourth-order valence-electron chi connectivity index (χ4n) is 1.07. The summed E-state index contributed by atoms with van der Waals surface area (Å²) in [5, 5.41) is 19.6. The molecule has 0 heterocycles. The average molecular weight is 173 g/mol. The lowest BCUT2D eigenvalue weighted by Crippen LogP contribution is -2.05. The topological polar surface area (TPSA) is 69.9 Å². The highest BCUT2D eigenvalue weighted by Crippen LogP contribution is 2.10. The third-order valence-corrected chi connectivity index (χ3v) is 1.67. The van der Waals surface area contributed by atoms with E-state index in [1.165, 1.54) is 6.21 Å². The van der Waals surface area contributed by atoms with E-state index in [4.69, 9.17) is 10.3 Å². The van der Waals surface area contributed by atoms with Crippen LogP contribution in [0, 0.1) is 5.92 Å². The van der Waals surface area contributed by atoms with E-state index in [9.17, 15) is 4.79 Å². The summed E-state index contributed by atoms with van der Waals surface area (Å²) < 4.78 is 0. The highest BCUT2D eigenvalue weighted by molar-refractivity contribution is 5.68. The van der Waals surface area contributed by atoms with Crippen LogP contribution in [0.4, 0.5) is 0 Å². The van der Waals surface area contributed by atoms with Gasteiger partial charge in [-0.3, -0.25) is 4.79 Å². The van der Waals surface area contributed by atoms with E-state index >= 15 is 0 Å². The molecule has 0 radical (unpaired) electrons. The first-order valence-corrected chi connectivity index (χ1v) is 4.10. The molecule has 0 rings (SSSR count). The first-order valence-electron chi connectivity index (χ1n) is 4.10. The van der Waals surface area contributed by atoms with Crippen molar-refractivity contribution in [3.63, 3.8) is 0 Å². The second-order valence-electron chi connectivity index (χ2n) is 2.75. The van der Waals surface area contributed by atoms with Crippen LogP contribution in [0.2, 0.25) is 0 Å². The third kappa shape index (κ3) is 5.70. The molecule has 0 fully saturated rings. The van der Waals surface area contributed by atoms with Crippen molar-refractivity contribution < 1.29 is 15.1 Å². The van der Waals surface area contributed by atoms with Gasteiger partial charge in [-0.25, -0.2) is 0 Å². The Bertz CT molecular complexity index is 156. The van der Waals surface area contributed by atoms with Gasteiger partial charge in [0.1, 0.15) is 0 Å². The highest BCUT2D eigenvalue weighted by Gasteiger charge is 2.07. The fourth-order valence-corrected chi connectivity index (χ4v) is 1.07. The van der Waals surface area contributed by atoms with Crippen LogP contribution in [-0.2, 0) is 4.79 Å². The smallest absolute Gasteiger partial charge is 0.303 e. The lowest BCUT2D eigenvalue weighted by Gasteiger charge is -2.06. The van der Waals surface area contributed by atoms with E-state index in [2.05, 4.69) is 5.16 Å². The Morgan fingerprint density at radius 3 is 2.67 bits per heavy atom. The van der Waals surface area contributed by atoms with Crippen LogP contribution in [0.5, 0.6) is 0 Å². The number of carbonyl (C=O) groups is 1. The van der Waals surface area contributed by atoms with Crippen molar-refractivity contribution in [3.05, 3.63) is 0 Å². The average Bonchev–Trinajstić information content (AvgIpc) is 2.01. The molecule has 70 valence electrons. The number of carboxylic acids is 1. The van der Waals surface area contributed by atoms with Gasteiger partial charge in [-0.15, -0.1) is 5.16 Å². The number of nitrogens with zero attached hydrogens (tertiary/aromatic N) is 1. The summed E-state index contributed by atoms with van der Waals surface area (Å²) in [5.41, 5.74) is 0. The van der Waals surface area contributed by atoms with Crippen molar-refractivity contribution >= 4 is 12.2 Å². The molecule has 1 unspecified atom stereocenters. The predicted octanol–water partition coefficient (Wildman–Crippen LogP) is 1.73. The molecule has 0 aliphatic carbocycles. The van der Waals surface area contributed by atoms with Gasteiger partial charge in [0.15, 0.2) is 0 Å². The normalized spacial score (nSPS) is 13.4. The van der Waals surface area contributed by atoms with Crippen molar-refractivity contribution in [2.24, 2.45) is 11.1 Å². The molecule has 12 heavy (non-hydrogen) atoms.